The van der Waals surface area contributed by atoms with E-state index in [1.165, 1.54) is 6.92 Å². The second kappa shape index (κ2) is 10.1. The molecule has 3 saturated heterocycles. The molecular formula is C17H30O14. The fourth-order valence-electron chi connectivity index (χ4n) is 3.77. The summed E-state index contributed by atoms with van der Waals surface area (Å²) in [7, 11) is 0. The minimum Gasteiger partial charge on any atom is -0.394 e. The molecule has 3 rings (SSSR count). The lowest BCUT2D eigenvalue weighted by atomic mass is 9.97. The SMILES string of the molecule is C[C@@H]1O[C@@H](O[C@@H]2[C@@H](O[C@@H]3O[C@@H](CO)[C@H](O)[C@H]3O)[C@H](O)[C@@H](CO)O[C@H]2O)[C@H](O)[C@H](O)[C@H]1O. The predicted octanol–water partition coefficient (Wildman–Crippen LogP) is -5.91. The number of aliphatic hydroxyl groups excluding tert-OH is 9. The molecule has 0 spiro atoms. The minimum atomic E-state index is -1.82. The van der Waals surface area contributed by atoms with Crippen LogP contribution in [0.25, 0.3) is 0 Å². The first-order chi connectivity index (χ1) is 14.6. The zero-order valence-electron chi connectivity index (χ0n) is 16.6. The van der Waals surface area contributed by atoms with Crippen LogP contribution in [-0.2, 0) is 23.7 Å². The van der Waals surface area contributed by atoms with E-state index in [0.29, 0.717) is 0 Å². The molecule has 0 radical (unpaired) electrons. The molecule has 14 nitrogen and oxygen atoms in total. The molecule has 0 aromatic heterocycles. The van der Waals surface area contributed by atoms with Gasteiger partial charge in [0, 0.05) is 0 Å². The van der Waals surface area contributed by atoms with Crippen molar-refractivity contribution in [3.8, 4) is 0 Å². The second-order valence-electron chi connectivity index (χ2n) is 7.83. The van der Waals surface area contributed by atoms with E-state index >= 15 is 0 Å². The van der Waals surface area contributed by atoms with Gasteiger partial charge in [0.1, 0.15) is 61.0 Å². The van der Waals surface area contributed by atoms with Crippen molar-refractivity contribution in [2.24, 2.45) is 0 Å². The Morgan fingerprint density at radius 1 is 0.581 bits per heavy atom. The van der Waals surface area contributed by atoms with Gasteiger partial charge in [-0.2, -0.15) is 0 Å². The third-order valence-corrected chi connectivity index (χ3v) is 5.71. The molecule has 0 aromatic carbocycles. The van der Waals surface area contributed by atoms with Crippen LogP contribution in [0.5, 0.6) is 0 Å². The summed E-state index contributed by atoms with van der Waals surface area (Å²) in [6.07, 6.45) is -21.0. The maximum absolute atomic E-state index is 10.6. The molecule has 31 heavy (non-hydrogen) atoms. The second-order valence-corrected chi connectivity index (χ2v) is 7.83. The zero-order chi connectivity index (χ0) is 23.0. The fourth-order valence-corrected chi connectivity index (χ4v) is 3.77. The highest BCUT2D eigenvalue weighted by Gasteiger charge is 2.53. The van der Waals surface area contributed by atoms with Crippen LogP contribution in [0.15, 0.2) is 0 Å². The van der Waals surface area contributed by atoms with Gasteiger partial charge in [-0.15, -0.1) is 0 Å². The highest BCUT2D eigenvalue weighted by molar-refractivity contribution is 4.95. The fraction of sp³-hybridized carbons (Fsp3) is 1.00. The molecule has 9 N–H and O–H groups in total. The van der Waals surface area contributed by atoms with Gasteiger partial charge >= 0.3 is 0 Å². The van der Waals surface area contributed by atoms with Crippen LogP contribution in [0.1, 0.15) is 6.92 Å². The summed E-state index contributed by atoms with van der Waals surface area (Å²) in [4.78, 5) is 0. The van der Waals surface area contributed by atoms with Crippen molar-refractivity contribution in [2.45, 2.75) is 92.9 Å². The first kappa shape index (κ1) is 25.1. The normalized spacial score (nSPS) is 53.6. The van der Waals surface area contributed by atoms with E-state index in [-0.39, 0.29) is 0 Å². The quantitative estimate of drug-likeness (QED) is 0.181. The molecule has 0 amide bonds. The van der Waals surface area contributed by atoms with Crippen molar-refractivity contribution in [3.63, 3.8) is 0 Å². The molecule has 3 fully saturated rings. The summed E-state index contributed by atoms with van der Waals surface area (Å²) < 4.78 is 26.7. The summed E-state index contributed by atoms with van der Waals surface area (Å²) >= 11 is 0. The summed E-state index contributed by atoms with van der Waals surface area (Å²) in [6.45, 7) is 0.0649. The van der Waals surface area contributed by atoms with E-state index in [1.54, 1.807) is 0 Å². The van der Waals surface area contributed by atoms with E-state index in [9.17, 15) is 46.0 Å². The van der Waals surface area contributed by atoms with E-state index in [4.69, 9.17) is 23.7 Å². The van der Waals surface area contributed by atoms with E-state index in [1.807, 2.05) is 0 Å². The van der Waals surface area contributed by atoms with Crippen molar-refractivity contribution in [3.05, 3.63) is 0 Å². The zero-order valence-corrected chi connectivity index (χ0v) is 16.6. The lowest BCUT2D eigenvalue weighted by Gasteiger charge is -2.46. The van der Waals surface area contributed by atoms with Crippen LogP contribution in [0.3, 0.4) is 0 Å². The van der Waals surface area contributed by atoms with Crippen molar-refractivity contribution in [2.75, 3.05) is 13.2 Å². The third kappa shape index (κ3) is 4.87. The number of hydrogen-bond donors (Lipinski definition) is 9. The smallest absolute Gasteiger partial charge is 0.187 e. The van der Waals surface area contributed by atoms with Gasteiger partial charge in [0.25, 0.3) is 0 Å². The van der Waals surface area contributed by atoms with Crippen LogP contribution < -0.4 is 0 Å². The molecule has 3 aliphatic heterocycles. The summed E-state index contributed by atoms with van der Waals surface area (Å²) in [5, 5.41) is 89.5. The van der Waals surface area contributed by atoms with Crippen molar-refractivity contribution < 1.29 is 69.6 Å². The van der Waals surface area contributed by atoms with Crippen molar-refractivity contribution in [1.82, 2.24) is 0 Å². The molecule has 0 aliphatic carbocycles. The van der Waals surface area contributed by atoms with Gasteiger partial charge in [-0.3, -0.25) is 0 Å². The lowest BCUT2D eigenvalue weighted by Crippen LogP contribution is -2.64. The van der Waals surface area contributed by atoms with Gasteiger partial charge in [-0.25, -0.2) is 0 Å². The molecule has 0 saturated carbocycles. The maximum Gasteiger partial charge on any atom is 0.187 e. The Hall–Kier alpha value is -0.560. The van der Waals surface area contributed by atoms with Gasteiger partial charge in [0.15, 0.2) is 18.9 Å². The molecule has 3 heterocycles. The Morgan fingerprint density at radius 3 is 1.68 bits per heavy atom. The standard InChI is InChI=1S/C17H30O14/c1-4-7(20)10(23)12(25)16(27-4)31-14-13(9(22)6(3-19)28-15(14)26)30-17-11(24)8(21)5(2-18)29-17/h4-26H,2-3H2,1H3/t4-,5-,6+,7-,8-,9+,10+,11+,12+,13-,14+,15+,16-,17-/m0/s1. The number of rotatable bonds is 6. The molecule has 3 aliphatic rings. The van der Waals surface area contributed by atoms with Crippen molar-refractivity contribution in [1.29, 1.82) is 0 Å². The molecule has 0 bridgehead atoms. The molecular weight excluding hydrogens is 428 g/mol. The first-order valence-corrected chi connectivity index (χ1v) is 9.86. The molecule has 14 heteroatoms. The van der Waals surface area contributed by atoms with Crippen LogP contribution in [0, 0.1) is 0 Å². The Morgan fingerprint density at radius 2 is 1.10 bits per heavy atom. The monoisotopic (exact) mass is 458 g/mol. The summed E-state index contributed by atoms with van der Waals surface area (Å²) in [5.74, 6) is 0. The van der Waals surface area contributed by atoms with Crippen LogP contribution in [0.4, 0.5) is 0 Å². The summed E-state index contributed by atoms with van der Waals surface area (Å²) in [5.41, 5.74) is 0. The van der Waals surface area contributed by atoms with E-state index in [2.05, 4.69) is 0 Å². The molecule has 0 unspecified atom stereocenters. The average molecular weight is 458 g/mol. The molecule has 182 valence electrons. The van der Waals surface area contributed by atoms with Gasteiger partial charge < -0.3 is 69.6 Å². The minimum absolute atomic E-state index is 0.629. The number of hydrogen-bond acceptors (Lipinski definition) is 14. The number of aliphatic hydroxyl groups is 9. The largest absolute Gasteiger partial charge is 0.394 e. The third-order valence-electron chi connectivity index (χ3n) is 5.71. The highest BCUT2D eigenvalue weighted by Crippen LogP contribution is 2.32. The first-order valence-electron chi connectivity index (χ1n) is 9.86. The van der Waals surface area contributed by atoms with E-state index in [0.717, 1.165) is 0 Å². The van der Waals surface area contributed by atoms with Crippen LogP contribution >= 0.6 is 0 Å². The molecule has 0 aromatic rings. The Balaban J connectivity index is 1.79. The predicted molar refractivity (Wildman–Crippen MR) is 93.8 cm³/mol. The van der Waals surface area contributed by atoms with Gasteiger partial charge in [0.05, 0.1) is 19.3 Å². The average Bonchev–Trinajstić information content (AvgIpc) is 3.02. The maximum atomic E-state index is 10.6. The van der Waals surface area contributed by atoms with Gasteiger partial charge in [-0.05, 0) is 6.92 Å². The lowest BCUT2D eigenvalue weighted by molar-refractivity contribution is -0.373. The Bertz CT molecular complexity index is 581. The topological polar surface area (TPSA) is 228 Å². The Labute approximate surface area is 176 Å². The van der Waals surface area contributed by atoms with Crippen molar-refractivity contribution >= 4 is 0 Å². The van der Waals surface area contributed by atoms with Crippen LogP contribution in [-0.4, -0.2) is 145 Å². The highest BCUT2D eigenvalue weighted by atomic mass is 16.8. The Kier molecular flexibility index (Phi) is 8.21. The van der Waals surface area contributed by atoms with E-state index < -0.39 is 99.2 Å². The molecule has 14 atom stereocenters. The van der Waals surface area contributed by atoms with Crippen LogP contribution in [0.2, 0.25) is 0 Å². The number of ether oxygens (including phenoxy) is 5. The van der Waals surface area contributed by atoms with Gasteiger partial charge in [-0.1, -0.05) is 0 Å². The van der Waals surface area contributed by atoms with Gasteiger partial charge in [0.2, 0.25) is 0 Å². The summed E-state index contributed by atoms with van der Waals surface area (Å²) in [6, 6.07) is 0.